The number of methoxy groups -OCH3 is 2. The molecule has 0 amide bonds. The molecule has 0 N–H and O–H groups in total. The van der Waals surface area contributed by atoms with E-state index in [2.05, 4.69) is 4.90 Å². The number of rotatable bonds is 7. The molecule has 0 aliphatic carbocycles. The van der Waals surface area contributed by atoms with E-state index in [0.29, 0.717) is 28.1 Å². The van der Waals surface area contributed by atoms with E-state index in [1.54, 1.807) is 25.3 Å². The van der Waals surface area contributed by atoms with Crippen LogP contribution in [0.3, 0.4) is 0 Å². The van der Waals surface area contributed by atoms with Gasteiger partial charge in [-0.3, -0.25) is 0 Å². The summed E-state index contributed by atoms with van der Waals surface area (Å²) >= 11 is 0. The molecular weight excluding hydrogens is 464 g/mol. The Hall–Kier alpha value is -3.78. The van der Waals surface area contributed by atoms with Gasteiger partial charge in [0.05, 0.1) is 25.4 Å². The summed E-state index contributed by atoms with van der Waals surface area (Å²) in [5, 5.41) is 0.637. The van der Waals surface area contributed by atoms with Gasteiger partial charge in [0, 0.05) is 35.8 Å². The normalized spacial score (nSPS) is 13.7. The Balaban J connectivity index is 1.63. The Bertz CT molecular complexity index is 1460. The van der Waals surface area contributed by atoms with Crippen LogP contribution in [0.5, 0.6) is 17.2 Å². The third-order valence-electron chi connectivity index (χ3n) is 6.14. The number of hydrogen-bond acceptors (Lipinski definition) is 7. The number of pyridine rings is 1. The van der Waals surface area contributed by atoms with Crippen molar-refractivity contribution in [3.63, 3.8) is 0 Å². The second kappa shape index (κ2) is 9.46. The van der Waals surface area contributed by atoms with E-state index in [4.69, 9.17) is 18.6 Å². The molecule has 2 heterocycles. The fourth-order valence-corrected chi connectivity index (χ4v) is 5.20. The minimum absolute atomic E-state index is 0.0434. The summed E-state index contributed by atoms with van der Waals surface area (Å²) in [6.45, 7) is 1.95. The summed E-state index contributed by atoms with van der Waals surface area (Å²) in [6.07, 6.45) is 2.28. The van der Waals surface area contributed by atoms with Crippen LogP contribution < -0.4 is 18.6 Å². The van der Waals surface area contributed by atoms with Crippen molar-refractivity contribution in [1.29, 1.82) is 0 Å². The predicted octanol–water partition coefficient (Wildman–Crippen LogP) is 5.29. The van der Waals surface area contributed by atoms with Gasteiger partial charge in [-0.05, 0) is 67.4 Å². The molecule has 0 spiro atoms. The quantitative estimate of drug-likeness (QED) is 0.326. The third kappa shape index (κ3) is 4.74. The summed E-state index contributed by atoms with van der Waals surface area (Å²) in [4.78, 5) is 7.14. The van der Waals surface area contributed by atoms with Gasteiger partial charge in [-0.1, -0.05) is 12.1 Å². The monoisotopic (exact) mass is 490 g/mol. The van der Waals surface area contributed by atoms with E-state index in [-0.39, 0.29) is 10.6 Å². The smallest absolute Gasteiger partial charge is 0.339 e. The van der Waals surface area contributed by atoms with Crippen molar-refractivity contribution in [3.8, 4) is 28.5 Å². The zero-order valence-corrected chi connectivity index (χ0v) is 20.4. The van der Waals surface area contributed by atoms with E-state index < -0.39 is 10.1 Å². The van der Waals surface area contributed by atoms with Crippen molar-refractivity contribution in [1.82, 2.24) is 4.98 Å². The summed E-state index contributed by atoms with van der Waals surface area (Å²) < 4.78 is 42.7. The first kappa shape index (κ1) is 23.0. The molecule has 5 rings (SSSR count). The second-order valence-electron chi connectivity index (χ2n) is 8.35. The molecule has 180 valence electrons. The number of ether oxygens (including phenoxy) is 2. The van der Waals surface area contributed by atoms with Gasteiger partial charge in [0.25, 0.3) is 0 Å². The van der Waals surface area contributed by atoms with Crippen LogP contribution in [0.25, 0.3) is 22.2 Å². The maximum Gasteiger partial charge on any atom is 0.339 e. The van der Waals surface area contributed by atoms with Crippen molar-refractivity contribution in [2.45, 2.75) is 17.7 Å². The Labute approximate surface area is 205 Å². The second-order valence-corrected chi connectivity index (χ2v) is 9.89. The summed E-state index contributed by atoms with van der Waals surface area (Å²) in [6, 6.07) is 21.2. The van der Waals surface area contributed by atoms with Gasteiger partial charge in [-0.15, -0.1) is 0 Å². The van der Waals surface area contributed by atoms with Crippen LogP contribution in [-0.2, 0) is 10.1 Å². The van der Waals surface area contributed by atoms with Crippen LogP contribution in [0.2, 0.25) is 0 Å². The molecule has 1 aromatic heterocycles. The van der Waals surface area contributed by atoms with E-state index in [1.807, 2.05) is 42.5 Å². The largest absolute Gasteiger partial charge is 0.497 e. The standard InChI is InChI=1S/C27H26N2O5S/c1-32-21-9-11-23(12-10-21)35(30,31)34-27-18-26(19-6-5-7-22(16-19)33-2)28-25-13-8-20(17-24(25)27)29-14-3-4-15-29/h5-13,16-18H,3-4,14-15H2,1-2H3. The highest BCUT2D eigenvalue weighted by Gasteiger charge is 2.21. The highest BCUT2D eigenvalue weighted by atomic mass is 32.2. The van der Waals surface area contributed by atoms with Crippen LogP contribution in [0.15, 0.2) is 77.7 Å². The van der Waals surface area contributed by atoms with Crippen LogP contribution in [0.1, 0.15) is 12.8 Å². The molecular formula is C27H26N2O5S. The number of hydrogen-bond donors (Lipinski definition) is 0. The van der Waals surface area contributed by atoms with Crippen LogP contribution >= 0.6 is 0 Å². The van der Waals surface area contributed by atoms with E-state index in [9.17, 15) is 8.42 Å². The molecule has 7 nitrogen and oxygen atoms in total. The number of benzene rings is 3. The SMILES string of the molecule is COc1ccc(S(=O)(=O)Oc2cc(-c3cccc(OC)c3)nc3ccc(N4CCCC4)cc23)cc1. The van der Waals surface area contributed by atoms with Gasteiger partial charge in [-0.25, -0.2) is 4.98 Å². The first-order chi connectivity index (χ1) is 17.0. The molecule has 8 heteroatoms. The average Bonchev–Trinajstić information content (AvgIpc) is 3.43. The van der Waals surface area contributed by atoms with Crippen LogP contribution in [0, 0.1) is 0 Å². The van der Waals surface area contributed by atoms with E-state index in [1.165, 1.54) is 19.2 Å². The number of nitrogens with zero attached hydrogens (tertiary/aromatic N) is 2. The molecule has 1 saturated heterocycles. The van der Waals surface area contributed by atoms with Gasteiger partial charge in [0.1, 0.15) is 16.4 Å². The maximum absolute atomic E-state index is 13.2. The van der Waals surface area contributed by atoms with Crippen molar-refractivity contribution < 1.29 is 22.1 Å². The minimum Gasteiger partial charge on any atom is -0.497 e. The van der Waals surface area contributed by atoms with Crippen molar-refractivity contribution in [3.05, 3.63) is 72.8 Å². The summed E-state index contributed by atoms with van der Waals surface area (Å²) in [7, 11) is -0.966. The van der Waals surface area contributed by atoms with Crippen LogP contribution in [0.4, 0.5) is 5.69 Å². The molecule has 4 aromatic rings. The zero-order valence-electron chi connectivity index (χ0n) is 19.6. The molecule has 0 bridgehead atoms. The zero-order chi connectivity index (χ0) is 24.4. The van der Waals surface area contributed by atoms with Crippen molar-refractivity contribution >= 4 is 26.7 Å². The Morgan fingerprint density at radius 1 is 0.829 bits per heavy atom. The lowest BCUT2D eigenvalue weighted by molar-refractivity contribution is 0.414. The fraction of sp³-hybridized carbons (Fsp3) is 0.222. The summed E-state index contributed by atoms with van der Waals surface area (Å²) in [5.41, 5.74) is 3.05. The Morgan fingerprint density at radius 3 is 2.29 bits per heavy atom. The third-order valence-corrected chi connectivity index (χ3v) is 7.39. The Morgan fingerprint density at radius 2 is 1.57 bits per heavy atom. The molecule has 1 aliphatic heterocycles. The fourth-order valence-electron chi connectivity index (χ4n) is 4.26. The average molecular weight is 491 g/mol. The lowest BCUT2D eigenvalue weighted by Crippen LogP contribution is -2.17. The molecule has 3 aromatic carbocycles. The molecule has 35 heavy (non-hydrogen) atoms. The highest BCUT2D eigenvalue weighted by molar-refractivity contribution is 7.87. The minimum atomic E-state index is -4.10. The van der Waals surface area contributed by atoms with Gasteiger partial charge in [0.2, 0.25) is 0 Å². The number of aromatic nitrogens is 1. The van der Waals surface area contributed by atoms with Crippen molar-refractivity contribution in [2.24, 2.45) is 0 Å². The number of anilines is 1. The first-order valence-electron chi connectivity index (χ1n) is 11.4. The van der Waals surface area contributed by atoms with Gasteiger partial charge >= 0.3 is 10.1 Å². The molecule has 0 radical (unpaired) electrons. The van der Waals surface area contributed by atoms with Gasteiger partial charge < -0.3 is 18.6 Å². The first-order valence-corrected chi connectivity index (χ1v) is 12.8. The van der Waals surface area contributed by atoms with Crippen LogP contribution in [-0.4, -0.2) is 40.7 Å². The molecule has 0 saturated carbocycles. The number of fused-ring (bicyclic) bond motifs is 1. The van der Waals surface area contributed by atoms with E-state index >= 15 is 0 Å². The highest BCUT2D eigenvalue weighted by Crippen LogP contribution is 2.36. The molecule has 1 fully saturated rings. The van der Waals surface area contributed by atoms with Crippen molar-refractivity contribution in [2.75, 3.05) is 32.2 Å². The summed E-state index contributed by atoms with van der Waals surface area (Å²) in [5.74, 6) is 1.47. The van der Waals surface area contributed by atoms with Gasteiger partial charge in [-0.2, -0.15) is 8.42 Å². The Kier molecular flexibility index (Phi) is 6.21. The molecule has 0 unspecified atom stereocenters. The lowest BCUT2D eigenvalue weighted by atomic mass is 10.1. The van der Waals surface area contributed by atoms with Gasteiger partial charge in [0.15, 0.2) is 5.75 Å². The van der Waals surface area contributed by atoms with E-state index in [0.717, 1.165) is 37.2 Å². The topological polar surface area (TPSA) is 78.0 Å². The molecule has 1 aliphatic rings. The predicted molar refractivity (Wildman–Crippen MR) is 136 cm³/mol. The maximum atomic E-state index is 13.2. The molecule has 0 atom stereocenters. The lowest BCUT2D eigenvalue weighted by Gasteiger charge is -2.19.